The van der Waals surface area contributed by atoms with Gasteiger partial charge in [-0.1, -0.05) is 58.0 Å². The van der Waals surface area contributed by atoms with E-state index in [4.69, 9.17) is 9.72 Å². The number of carbonyl (C=O) groups is 1. The standard InChI is InChI=1S/C32H41N3O2/c1-7-19(3)22-11-9-10-12-23(22)27-26(31(36)37-18-21-13-14-21)20(4)34-30-28(27)29(33-8-2)24-17-32(5,6)16-15-25(24)35-30/h9-13,19,27H,7-8,14-18H2,1-6H3,(H2,33,34,35). The van der Waals surface area contributed by atoms with Crippen LogP contribution < -0.4 is 10.6 Å². The molecule has 1 aliphatic heterocycles. The van der Waals surface area contributed by atoms with Gasteiger partial charge < -0.3 is 15.4 Å². The summed E-state index contributed by atoms with van der Waals surface area (Å²) in [5.74, 6) is 0.750. The minimum Gasteiger partial charge on any atom is -0.458 e. The fourth-order valence-corrected chi connectivity index (χ4v) is 5.92. The molecule has 0 fully saturated rings. The minimum atomic E-state index is -0.251. The molecular formula is C32H41N3O2. The van der Waals surface area contributed by atoms with Crippen molar-refractivity contribution >= 4 is 17.5 Å². The number of esters is 1. The minimum absolute atomic E-state index is 0.213. The smallest absolute Gasteiger partial charge is 0.337 e. The number of nitrogens with zero attached hydrogens (tertiary/aromatic N) is 1. The van der Waals surface area contributed by atoms with Crippen molar-refractivity contribution in [1.82, 2.24) is 4.98 Å². The second-order valence-corrected chi connectivity index (χ2v) is 11.7. The van der Waals surface area contributed by atoms with E-state index < -0.39 is 0 Å². The lowest BCUT2D eigenvalue weighted by molar-refractivity contribution is -0.138. The molecule has 1 aromatic carbocycles. The topological polar surface area (TPSA) is 63.2 Å². The quantitative estimate of drug-likeness (QED) is 0.296. The predicted molar refractivity (Wildman–Crippen MR) is 151 cm³/mol. The molecule has 5 rings (SSSR count). The summed E-state index contributed by atoms with van der Waals surface area (Å²) in [6.07, 6.45) is 7.16. The lowest BCUT2D eigenvalue weighted by Crippen LogP contribution is -2.30. The normalized spacial score (nSPS) is 20.3. The molecule has 0 amide bonds. The number of hydrogen-bond donors (Lipinski definition) is 2. The summed E-state index contributed by atoms with van der Waals surface area (Å²) in [7, 11) is 0. The maximum Gasteiger partial charge on any atom is 0.337 e. The van der Waals surface area contributed by atoms with Gasteiger partial charge in [0.05, 0.1) is 5.57 Å². The lowest BCUT2D eigenvalue weighted by Gasteiger charge is -2.38. The second kappa shape index (κ2) is 10.00. The summed E-state index contributed by atoms with van der Waals surface area (Å²) >= 11 is 0. The van der Waals surface area contributed by atoms with Crippen LogP contribution in [-0.4, -0.2) is 24.1 Å². The number of aryl methyl sites for hydroxylation is 1. The molecular weight excluding hydrogens is 458 g/mol. The van der Waals surface area contributed by atoms with Gasteiger partial charge in [0.2, 0.25) is 0 Å². The predicted octanol–water partition coefficient (Wildman–Crippen LogP) is 7.25. The van der Waals surface area contributed by atoms with Crippen LogP contribution >= 0.6 is 0 Å². The van der Waals surface area contributed by atoms with E-state index in [1.165, 1.54) is 28.0 Å². The summed E-state index contributed by atoms with van der Waals surface area (Å²) < 4.78 is 5.87. The maximum absolute atomic E-state index is 13.8. The zero-order valence-electron chi connectivity index (χ0n) is 23.3. The molecule has 2 aliphatic carbocycles. The van der Waals surface area contributed by atoms with Crippen LogP contribution in [0.5, 0.6) is 0 Å². The number of pyridine rings is 1. The van der Waals surface area contributed by atoms with E-state index >= 15 is 0 Å². The number of rotatable bonds is 8. The van der Waals surface area contributed by atoms with Gasteiger partial charge in [-0.2, -0.15) is 0 Å². The van der Waals surface area contributed by atoms with Crippen molar-refractivity contribution in [2.75, 3.05) is 23.8 Å². The number of nitrogens with one attached hydrogen (secondary N) is 2. The number of ether oxygens (including phenoxy) is 1. The van der Waals surface area contributed by atoms with Crippen LogP contribution in [0, 0.1) is 5.41 Å². The number of allylic oxidation sites excluding steroid dienone is 2. The van der Waals surface area contributed by atoms with Gasteiger partial charge in [0, 0.05) is 35.1 Å². The monoisotopic (exact) mass is 499 g/mol. The second-order valence-electron chi connectivity index (χ2n) is 11.7. The highest BCUT2D eigenvalue weighted by Gasteiger charge is 2.40. The highest BCUT2D eigenvalue weighted by atomic mass is 16.5. The van der Waals surface area contributed by atoms with Crippen molar-refractivity contribution in [2.24, 2.45) is 5.41 Å². The van der Waals surface area contributed by atoms with Gasteiger partial charge in [0.15, 0.2) is 0 Å². The Morgan fingerprint density at radius 3 is 2.73 bits per heavy atom. The van der Waals surface area contributed by atoms with Crippen LogP contribution in [-0.2, 0) is 22.4 Å². The number of anilines is 2. The van der Waals surface area contributed by atoms with E-state index in [0.717, 1.165) is 61.4 Å². The first kappa shape index (κ1) is 25.6. The third-order valence-corrected chi connectivity index (χ3v) is 8.31. The summed E-state index contributed by atoms with van der Waals surface area (Å²) in [5.41, 5.74) is 10.1. The Labute approximate surface area is 221 Å². The van der Waals surface area contributed by atoms with E-state index in [1.54, 1.807) is 0 Å². The summed E-state index contributed by atoms with van der Waals surface area (Å²) in [6, 6.07) is 8.63. The number of aromatic nitrogens is 1. The van der Waals surface area contributed by atoms with Crippen LogP contribution in [0.25, 0.3) is 0 Å². The van der Waals surface area contributed by atoms with Crippen LogP contribution in [0.2, 0.25) is 0 Å². The molecule has 0 saturated carbocycles. The van der Waals surface area contributed by atoms with E-state index in [9.17, 15) is 4.79 Å². The molecule has 2 N–H and O–H groups in total. The van der Waals surface area contributed by atoms with Crippen LogP contribution in [0.1, 0.15) is 101 Å². The summed E-state index contributed by atoms with van der Waals surface area (Å²) in [4.78, 5) is 19.0. The van der Waals surface area contributed by atoms with Gasteiger partial charge in [0.1, 0.15) is 12.4 Å². The number of hydrogen-bond acceptors (Lipinski definition) is 5. The Hall–Kier alpha value is -3.08. The van der Waals surface area contributed by atoms with Crippen LogP contribution in [0.4, 0.5) is 11.5 Å². The third-order valence-electron chi connectivity index (χ3n) is 8.31. The Kier molecular flexibility index (Phi) is 6.91. The molecule has 5 heteroatoms. The molecule has 0 saturated heterocycles. The van der Waals surface area contributed by atoms with Crippen molar-refractivity contribution in [2.45, 2.75) is 85.5 Å². The van der Waals surface area contributed by atoms with Gasteiger partial charge in [-0.3, -0.25) is 0 Å². The van der Waals surface area contributed by atoms with Gasteiger partial charge in [0.25, 0.3) is 0 Å². The van der Waals surface area contributed by atoms with Gasteiger partial charge in [-0.05, 0) is 79.5 Å². The first-order valence-corrected chi connectivity index (χ1v) is 13.9. The van der Waals surface area contributed by atoms with E-state index in [1.807, 2.05) is 6.92 Å². The molecule has 5 nitrogen and oxygen atoms in total. The molecule has 2 atom stereocenters. The van der Waals surface area contributed by atoms with E-state index in [2.05, 4.69) is 75.6 Å². The van der Waals surface area contributed by atoms with Crippen LogP contribution in [0.15, 0.2) is 47.2 Å². The Morgan fingerprint density at radius 1 is 1.27 bits per heavy atom. The highest BCUT2D eigenvalue weighted by molar-refractivity contribution is 5.96. The fourth-order valence-electron chi connectivity index (χ4n) is 5.92. The Morgan fingerprint density at radius 2 is 2.03 bits per heavy atom. The highest BCUT2D eigenvalue weighted by Crippen LogP contribution is 2.50. The third kappa shape index (κ3) is 4.93. The molecule has 1 aromatic heterocycles. The van der Waals surface area contributed by atoms with Crippen molar-refractivity contribution in [1.29, 1.82) is 0 Å². The average Bonchev–Trinajstić information content (AvgIpc) is 3.71. The van der Waals surface area contributed by atoms with Gasteiger partial charge in [-0.15, -0.1) is 0 Å². The molecule has 0 radical (unpaired) electrons. The molecule has 0 spiro atoms. The van der Waals surface area contributed by atoms with Crippen molar-refractivity contribution in [3.63, 3.8) is 0 Å². The molecule has 196 valence electrons. The first-order chi connectivity index (χ1) is 17.7. The molecule has 3 aliphatic rings. The van der Waals surface area contributed by atoms with Crippen molar-refractivity contribution in [3.05, 3.63) is 75.1 Å². The molecule has 37 heavy (non-hydrogen) atoms. The zero-order chi connectivity index (χ0) is 26.3. The van der Waals surface area contributed by atoms with Crippen molar-refractivity contribution in [3.8, 4) is 0 Å². The van der Waals surface area contributed by atoms with Crippen LogP contribution in [0.3, 0.4) is 0 Å². The Bertz CT molecular complexity index is 1290. The summed E-state index contributed by atoms with van der Waals surface area (Å²) in [5, 5.41) is 7.27. The Balaban J connectivity index is 1.74. The zero-order valence-corrected chi connectivity index (χ0v) is 23.3. The number of benzene rings is 1. The molecule has 0 bridgehead atoms. The lowest BCUT2D eigenvalue weighted by atomic mass is 9.72. The number of carbonyl (C=O) groups excluding carboxylic acids is 1. The van der Waals surface area contributed by atoms with E-state index in [-0.39, 0.29) is 17.3 Å². The van der Waals surface area contributed by atoms with Gasteiger partial charge in [-0.25, -0.2) is 9.78 Å². The largest absolute Gasteiger partial charge is 0.458 e. The SMILES string of the molecule is CCNc1c2c(nc3c1C(c1ccccc1C(C)CC)C(C(=O)OCC1=CC1)=C(C)N3)CCC(C)(C)C2. The van der Waals surface area contributed by atoms with E-state index in [0.29, 0.717) is 18.1 Å². The molecule has 2 aromatic rings. The first-order valence-electron chi connectivity index (χ1n) is 13.9. The fraction of sp³-hybridized carbons (Fsp3) is 0.500. The van der Waals surface area contributed by atoms with Crippen molar-refractivity contribution < 1.29 is 9.53 Å². The maximum atomic E-state index is 13.8. The van der Waals surface area contributed by atoms with Gasteiger partial charge >= 0.3 is 5.97 Å². The average molecular weight is 500 g/mol. The molecule has 2 unspecified atom stereocenters. The summed E-state index contributed by atoms with van der Waals surface area (Å²) in [6.45, 7) is 14.5. The number of fused-ring (bicyclic) bond motifs is 2. The molecule has 2 heterocycles.